The van der Waals surface area contributed by atoms with E-state index in [9.17, 15) is 4.79 Å². The normalized spacial score (nSPS) is 18.1. The van der Waals surface area contributed by atoms with E-state index in [0.717, 1.165) is 21.8 Å². The maximum Gasteiger partial charge on any atom is 0.166 e. The van der Waals surface area contributed by atoms with Crippen molar-refractivity contribution in [2.75, 3.05) is 5.33 Å². The molecule has 1 aromatic carbocycles. The van der Waals surface area contributed by atoms with Gasteiger partial charge in [0.25, 0.3) is 0 Å². The molecule has 0 N–H and O–H groups in total. The Bertz CT molecular complexity index is 361. The fourth-order valence-electron chi connectivity index (χ4n) is 1.64. The molecule has 0 radical (unpaired) electrons. The number of rotatable bonds is 0. The molecule has 0 bridgehead atoms. The Labute approximate surface area is 108 Å². The van der Waals surface area contributed by atoms with Crippen molar-refractivity contribution >= 4 is 37.6 Å². The van der Waals surface area contributed by atoms with Crippen molar-refractivity contribution in [1.82, 2.24) is 0 Å². The average Bonchev–Trinajstić information content (AvgIpc) is 2.46. The molecule has 0 saturated carbocycles. The van der Waals surface area contributed by atoms with E-state index < -0.39 is 0 Å². The maximum atomic E-state index is 11.5. The summed E-state index contributed by atoms with van der Waals surface area (Å²) in [6.07, 6.45) is 0.904. The van der Waals surface area contributed by atoms with Crippen molar-refractivity contribution in [2.24, 2.45) is 5.92 Å². The zero-order valence-electron chi connectivity index (χ0n) is 8.89. The fourth-order valence-corrected chi connectivity index (χ4v) is 2.01. The number of Topliss-reactive ketones (excluding diaryl/α,β-unsaturated/α-hetero) is 1. The summed E-state index contributed by atoms with van der Waals surface area (Å²) < 4.78 is 0.990. The van der Waals surface area contributed by atoms with E-state index in [1.165, 1.54) is 5.56 Å². The van der Waals surface area contributed by atoms with Crippen LogP contribution in [0.4, 0.5) is 0 Å². The number of halogens is 2. The van der Waals surface area contributed by atoms with Gasteiger partial charge >= 0.3 is 0 Å². The summed E-state index contributed by atoms with van der Waals surface area (Å²) in [5, 5.41) is 1.06. The monoisotopic (exact) mass is 332 g/mol. The molecule has 0 aliphatic heterocycles. The highest BCUT2D eigenvalue weighted by molar-refractivity contribution is 9.10. The molecule has 2 rings (SSSR count). The molecule has 1 aromatic rings. The number of benzene rings is 1. The maximum absolute atomic E-state index is 11.5. The molecule has 1 unspecified atom stereocenters. The van der Waals surface area contributed by atoms with Crippen LogP contribution in [0.5, 0.6) is 0 Å². The van der Waals surface area contributed by atoms with Crippen LogP contribution in [0.15, 0.2) is 22.7 Å². The molecule has 1 atom stereocenters. The highest BCUT2D eigenvalue weighted by Crippen LogP contribution is 2.28. The lowest BCUT2D eigenvalue weighted by Crippen LogP contribution is -2.02. The number of fused-ring (bicyclic) bond motifs is 1. The van der Waals surface area contributed by atoms with Gasteiger partial charge in [0, 0.05) is 21.3 Å². The summed E-state index contributed by atoms with van der Waals surface area (Å²) >= 11 is 6.51. The summed E-state index contributed by atoms with van der Waals surface area (Å²) in [4.78, 5) is 11.5. The Morgan fingerprint density at radius 3 is 2.67 bits per heavy atom. The number of hydrogen-bond acceptors (Lipinski definition) is 1. The molecule has 3 heteroatoms. The lowest BCUT2D eigenvalue weighted by Gasteiger charge is -1.96. The quantitative estimate of drug-likeness (QED) is 0.649. The second kappa shape index (κ2) is 5.80. The molecule has 0 aromatic heterocycles. The van der Waals surface area contributed by atoms with E-state index in [1.807, 2.05) is 32.0 Å². The molecular weight excluding hydrogens is 320 g/mol. The van der Waals surface area contributed by atoms with Gasteiger partial charge in [0.15, 0.2) is 5.78 Å². The van der Waals surface area contributed by atoms with Crippen LogP contribution in [0.3, 0.4) is 0 Å². The number of hydrogen-bond donors (Lipinski definition) is 0. The standard InChI is InChI=1S/C10H9BrO.C2H5Br/c1-6-4-7-2-3-8(11)5-9(7)10(6)12;1-2-3/h2-3,5-6H,4H2,1H3;2H2,1H3. The SMILES string of the molecule is CC1Cc2ccc(Br)cc2C1=O.CCBr. The molecular formula is C12H14Br2O. The highest BCUT2D eigenvalue weighted by atomic mass is 79.9. The first-order valence-electron chi connectivity index (χ1n) is 4.98. The molecule has 0 fully saturated rings. The Balaban J connectivity index is 0.000000337. The minimum Gasteiger partial charge on any atom is -0.294 e. The molecule has 0 saturated heterocycles. The zero-order valence-corrected chi connectivity index (χ0v) is 12.1. The number of carbonyl (C=O) groups excluding carboxylic acids is 1. The Hall–Kier alpha value is -0.150. The third-order valence-electron chi connectivity index (χ3n) is 2.31. The summed E-state index contributed by atoms with van der Waals surface area (Å²) in [6, 6.07) is 5.94. The van der Waals surface area contributed by atoms with Crippen molar-refractivity contribution < 1.29 is 4.79 Å². The van der Waals surface area contributed by atoms with Crippen molar-refractivity contribution in [2.45, 2.75) is 20.3 Å². The van der Waals surface area contributed by atoms with E-state index in [2.05, 4.69) is 31.9 Å². The van der Waals surface area contributed by atoms with E-state index in [0.29, 0.717) is 0 Å². The minimum atomic E-state index is 0.175. The lowest BCUT2D eigenvalue weighted by atomic mass is 10.1. The van der Waals surface area contributed by atoms with Gasteiger partial charge in [0.05, 0.1) is 0 Å². The molecule has 1 nitrogen and oxygen atoms in total. The average molecular weight is 334 g/mol. The van der Waals surface area contributed by atoms with Crippen LogP contribution in [0, 0.1) is 5.92 Å². The summed E-state index contributed by atoms with van der Waals surface area (Å²) in [7, 11) is 0. The van der Waals surface area contributed by atoms with Gasteiger partial charge in [-0.2, -0.15) is 0 Å². The molecule has 1 aliphatic carbocycles. The van der Waals surface area contributed by atoms with Gasteiger partial charge in [-0.05, 0) is 24.1 Å². The van der Waals surface area contributed by atoms with E-state index in [1.54, 1.807) is 0 Å². The fraction of sp³-hybridized carbons (Fsp3) is 0.417. The van der Waals surface area contributed by atoms with E-state index in [-0.39, 0.29) is 11.7 Å². The lowest BCUT2D eigenvalue weighted by molar-refractivity contribution is 0.0946. The van der Waals surface area contributed by atoms with Crippen molar-refractivity contribution in [1.29, 1.82) is 0 Å². The molecule has 0 heterocycles. The smallest absolute Gasteiger partial charge is 0.166 e. The van der Waals surface area contributed by atoms with E-state index >= 15 is 0 Å². The molecule has 1 aliphatic rings. The van der Waals surface area contributed by atoms with E-state index in [4.69, 9.17) is 0 Å². The van der Waals surface area contributed by atoms with Gasteiger partial charge in [-0.1, -0.05) is 51.8 Å². The summed E-state index contributed by atoms with van der Waals surface area (Å²) in [5.41, 5.74) is 2.09. The van der Waals surface area contributed by atoms with Gasteiger partial charge in [-0.3, -0.25) is 4.79 Å². The predicted molar refractivity (Wildman–Crippen MR) is 70.8 cm³/mol. The van der Waals surface area contributed by atoms with Crippen molar-refractivity contribution in [3.8, 4) is 0 Å². The second-order valence-corrected chi connectivity index (χ2v) is 5.58. The third kappa shape index (κ3) is 3.15. The molecule has 82 valence electrons. The van der Waals surface area contributed by atoms with Crippen LogP contribution in [0.2, 0.25) is 0 Å². The first-order valence-corrected chi connectivity index (χ1v) is 6.90. The Morgan fingerprint density at radius 1 is 1.47 bits per heavy atom. The summed E-state index contributed by atoms with van der Waals surface area (Å²) in [6.45, 7) is 4.02. The van der Waals surface area contributed by atoms with Crippen LogP contribution in [0.25, 0.3) is 0 Å². The molecule has 0 amide bonds. The first kappa shape index (κ1) is 12.9. The number of alkyl halides is 1. The van der Waals surface area contributed by atoms with Crippen LogP contribution in [0.1, 0.15) is 29.8 Å². The number of carbonyl (C=O) groups is 1. The third-order valence-corrected chi connectivity index (χ3v) is 2.80. The number of ketones is 1. The van der Waals surface area contributed by atoms with Crippen molar-refractivity contribution in [3.05, 3.63) is 33.8 Å². The summed E-state index contributed by atoms with van der Waals surface area (Å²) in [5.74, 6) is 0.459. The second-order valence-electron chi connectivity index (χ2n) is 3.54. The minimum absolute atomic E-state index is 0.175. The van der Waals surface area contributed by atoms with Gasteiger partial charge < -0.3 is 0 Å². The topological polar surface area (TPSA) is 17.1 Å². The van der Waals surface area contributed by atoms with Crippen molar-refractivity contribution in [3.63, 3.8) is 0 Å². The van der Waals surface area contributed by atoms with Crippen LogP contribution in [-0.2, 0) is 6.42 Å². The zero-order chi connectivity index (χ0) is 11.4. The Morgan fingerprint density at radius 2 is 2.07 bits per heavy atom. The first-order chi connectivity index (χ1) is 7.10. The van der Waals surface area contributed by atoms with Crippen LogP contribution in [-0.4, -0.2) is 11.1 Å². The highest BCUT2D eigenvalue weighted by Gasteiger charge is 2.26. The largest absolute Gasteiger partial charge is 0.294 e. The van der Waals surface area contributed by atoms with Crippen LogP contribution >= 0.6 is 31.9 Å². The van der Waals surface area contributed by atoms with Gasteiger partial charge in [0.1, 0.15) is 0 Å². The Kier molecular flexibility index (Phi) is 5.00. The van der Waals surface area contributed by atoms with Gasteiger partial charge in [-0.15, -0.1) is 0 Å². The predicted octanol–water partition coefficient (Wildman–Crippen LogP) is 4.23. The molecule has 15 heavy (non-hydrogen) atoms. The van der Waals surface area contributed by atoms with Gasteiger partial charge in [0.2, 0.25) is 0 Å². The van der Waals surface area contributed by atoms with Crippen LogP contribution < -0.4 is 0 Å². The van der Waals surface area contributed by atoms with Gasteiger partial charge in [-0.25, -0.2) is 0 Å². The molecule has 0 spiro atoms.